The molecule has 1 aromatic heterocycles. The van der Waals surface area contributed by atoms with Crippen LogP contribution in [-0.2, 0) is 13.1 Å². The number of nitrogens with zero attached hydrogens (tertiary/aromatic N) is 2. The molecule has 1 aliphatic rings. The fraction of sp³-hybridized carbons (Fsp3) is 0.455. The normalized spacial score (nSPS) is 20.3. The summed E-state index contributed by atoms with van der Waals surface area (Å²) in [6.45, 7) is 8.63. The number of nitrogens with one attached hydrogen (secondary N) is 2. The molecular weight excluding hydrogens is 336 g/mol. The third-order valence-electron chi connectivity index (χ3n) is 5.18. The molecule has 2 unspecified atom stereocenters. The highest BCUT2D eigenvalue weighted by Crippen LogP contribution is 2.24. The van der Waals surface area contributed by atoms with E-state index in [-0.39, 0.29) is 5.91 Å². The smallest absolute Gasteiger partial charge is 0.254 e. The molecule has 2 N–H and O–H groups in total. The van der Waals surface area contributed by atoms with E-state index in [1.54, 1.807) is 25.4 Å². The molecule has 3 rings (SSSR count). The van der Waals surface area contributed by atoms with E-state index in [2.05, 4.69) is 58.6 Å². The lowest BCUT2D eigenvalue weighted by molar-refractivity contribution is 0.0963. The molecule has 2 aromatic rings. The zero-order valence-electron chi connectivity index (χ0n) is 16.5. The zero-order valence-corrected chi connectivity index (χ0v) is 16.5. The number of amides is 1. The van der Waals surface area contributed by atoms with E-state index >= 15 is 0 Å². The van der Waals surface area contributed by atoms with Crippen molar-refractivity contribution in [2.24, 2.45) is 11.8 Å². The highest BCUT2D eigenvalue weighted by molar-refractivity contribution is 5.98. The van der Waals surface area contributed by atoms with Gasteiger partial charge >= 0.3 is 0 Å². The molecule has 1 amide bonds. The Hall–Kier alpha value is -2.40. The van der Waals surface area contributed by atoms with E-state index in [4.69, 9.17) is 0 Å². The minimum absolute atomic E-state index is 0.129. The number of rotatable bonds is 6. The van der Waals surface area contributed by atoms with Gasteiger partial charge in [0.2, 0.25) is 0 Å². The van der Waals surface area contributed by atoms with Gasteiger partial charge in [-0.15, -0.1) is 0 Å². The van der Waals surface area contributed by atoms with Gasteiger partial charge in [0.15, 0.2) is 0 Å². The highest BCUT2D eigenvalue weighted by atomic mass is 16.1. The summed E-state index contributed by atoms with van der Waals surface area (Å²) in [5, 5.41) is 6.02. The number of carbonyl (C=O) groups is 1. The van der Waals surface area contributed by atoms with Crippen molar-refractivity contribution in [1.29, 1.82) is 0 Å². The molecule has 27 heavy (non-hydrogen) atoms. The molecule has 0 aliphatic carbocycles. The Bertz CT molecular complexity index is 766. The topological polar surface area (TPSA) is 57.3 Å². The van der Waals surface area contributed by atoms with Crippen LogP contribution in [0.4, 0.5) is 5.82 Å². The minimum atomic E-state index is -0.129. The number of benzene rings is 1. The number of hydrogen-bond donors (Lipinski definition) is 2. The summed E-state index contributed by atoms with van der Waals surface area (Å²) in [7, 11) is 1.63. The fourth-order valence-corrected chi connectivity index (χ4v) is 4.09. The average molecular weight is 367 g/mol. The second kappa shape index (κ2) is 9.00. The molecule has 5 nitrogen and oxygen atoms in total. The first kappa shape index (κ1) is 19.4. The third-order valence-corrected chi connectivity index (χ3v) is 5.18. The van der Waals surface area contributed by atoms with Crippen molar-refractivity contribution < 1.29 is 4.79 Å². The summed E-state index contributed by atoms with van der Waals surface area (Å²) < 4.78 is 0. The number of piperidine rings is 1. The maximum absolute atomic E-state index is 12.0. The third kappa shape index (κ3) is 5.07. The second-order valence-corrected chi connectivity index (χ2v) is 7.74. The van der Waals surface area contributed by atoms with Crippen molar-refractivity contribution in [3.05, 3.63) is 59.3 Å². The second-order valence-electron chi connectivity index (χ2n) is 7.74. The van der Waals surface area contributed by atoms with Crippen LogP contribution in [-0.4, -0.2) is 35.9 Å². The van der Waals surface area contributed by atoms with Crippen LogP contribution in [0.2, 0.25) is 0 Å². The predicted octanol–water partition coefficient (Wildman–Crippen LogP) is 3.53. The quantitative estimate of drug-likeness (QED) is 0.821. The Morgan fingerprint density at radius 3 is 2.52 bits per heavy atom. The van der Waals surface area contributed by atoms with Crippen LogP contribution in [0.3, 0.4) is 0 Å². The van der Waals surface area contributed by atoms with Gasteiger partial charge in [-0.1, -0.05) is 38.1 Å². The average Bonchev–Trinajstić information content (AvgIpc) is 2.66. The molecule has 0 saturated carbocycles. The molecule has 2 atom stereocenters. The number of likely N-dealkylation sites (tertiary alicyclic amines) is 1. The van der Waals surface area contributed by atoms with E-state index in [0.29, 0.717) is 17.9 Å². The highest BCUT2D eigenvalue weighted by Gasteiger charge is 2.22. The van der Waals surface area contributed by atoms with Gasteiger partial charge in [0.05, 0.1) is 5.56 Å². The first-order valence-electron chi connectivity index (χ1n) is 9.77. The molecule has 144 valence electrons. The number of pyridine rings is 1. The Morgan fingerprint density at radius 2 is 1.81 bits per heavy atom. The molecule has 5 heteroatoms. The summed E-state index contributed by atoms with van der Waals surface area (Å²) in [4.78, 5) is 18.9. The van der Waals surface area contributed by atoms with Gasteiger partial charge in [0.1, 0.15) is 5.82 Å². The van der Waals surface area contributed by atoms with Crippen molar-refractivity contribution in [2.75, 3.05) is 25.5 Å². The molecule has 1 saturated heterocycles. The van der Waals surface area contributed by atoms with E-state index in [1.165, 1.54) is 17.5 Å². The number of carbonyl (C=O) groups excluding carboxylic acids is 1. The van der Waals surface area contributed by atoms with E-state index < -0.39 is 0 Å². The number of anilines is 1. The summed E-state index contributed by atoms with van der Waals surface area (Å²) in [6.07, 6.45) is 3.03. The summed E-state index contributed by atoms with van der Waals surface area (Å²) in [5.74, 6) is 1.99. The van der Waals surface area contributed by atoms with Gasteiger partial charge in [-0.3, -0.25) is 9.69 Å². The van der Waals surface area contributed by atoms with Crippen molar-refractivity contribution in [2.45, 2.75) is 33.4 Å². The monoisotopic (exact) mass is 366 g/mol. The molecule has 0 radical (unpaired) electrons. The van der Waals surface area contributed by atoms with Crippen molar-refractivity contribution >= 4 is 11.7 Å². The molecule has 1 aromatic carbocycles. The van der Waals surface area contributed by atoms with E-state index in [1.807, 2.05) is 0 Å². The van der Waals surface area contributed by atoms with E-state index in [9.17, 15) is 4.79 Å². The van der Waals surface area contributed by atoms with Crippen LogP contribution in [0.5, 0.6) is 0 Å². The molecular formula is C22H30N4O. The van der Waals surface area contributed by atoms with Crippen molar-refractivity contribution in [3.63, 3.8) is 0 Å². The van der Waals surface area contributed by atoms with Gasteiger partial charge in [-0.25, -0.2) is 4.98 Å². The summed E-state index contributed by atoms with van der Waals surface area (Å²) >= 11 is 0. The molecule has 1 aliphatic heterocycles. The maximum atomic E-state index is 12.0. The van der Waals surface area contributed by atoms with Crippen LogP contribution in [0, 0.1) is 11.8 Å². The number of hydrogen-bond acceptors (Lipinski definition) is 4. The Morgan fingerprint density at radius 1 is 1.11 bits per heavy atom. The Labute approximate surface area is 162 Å². The van der Waals surface area contributed by atoms with E-state index in [0.717, 1.165) is 31.5 Å². The van der Waals surface area contributed by atoms with Gasteiger partial charge in [0, 0.05) is 39.4 Å². The van der Waals surface area contributed by atoms with Crippen LogP contribution in [0.25, 0.3) is 0 Å². The lowest BCUT2D eigenvalue weighted by Gasteiger charge is -2.35. The molecule has 1 fully saturated rings. The SMILES string of the molecule is CNC(=O)c1cccnc1NCc1ccccc1CN1CC(C)CC(C)C1. The first-order chi connectivity index (χ1) is 13.1. The van der Waals surface area contributed by atoms with Crippen molar-refractivity contribution in [3.8, 4) is 0 Å². The molecule has 2 heterocycles. The van der Waals surface area contributed by atoms with Crippen molar-refractivity contribution in [1.82, 2.24) is 15.2 Å². The van der Waals surface area contributed by atoms with Crippen LogP contribution >= 0.6 is 0 Å². The van der Waals surface area contributed by atoms with Crippen LogP contribution < -0.4 is 10.6 Å². The van der Waals surface area contributed by atoms with Crippen LogP contribution in [0.1, 0.15) is 41.8 Å². The molecule has 0 bridgehead atoms. The van der Waals surface area contributed by atoms with Gasteiger partial charge in [-0.05, 0) is 41.5 Å². The lowest BCUT2D eigenvalue weighted by Crippen LogP contribution is -2.38. The Balaban J connectivity index is 1.71. The largest absolute Gasteiger partial charge is 0.365 e. The number of aromatic nitrogens is 1. The minimum Gasteiger partial charge on any atom is -0.365 e. The first-order valence-corrected chi connectivity index (χ1v) is 9.77. The summed E-state index contributed by atoms with van der Waals surface area (Å²) in [5.41, 5.74) is 3.15. The van der Waals surface area contributed by atoms with Gasteiger partial charge in [0.25, 0.3) is 5.91 Å². The van der Waals surface area contributed by atoms with Gasteiger partial charge < -0.3 is 10.6 Å². The Kier molecular flexibility index (Phi) is 6.45. The fourth-order valence-electron chi connectivity index (χ4n) is 4.09. The zero-order chi connectivity index (χ0) is 19.2. The van der Waals surface area contributed by atoms with Gasteiger partial charge in [-0.2, -0.15) is 0 Å². The lowest BCUT2D eigenvalue weighted by atomic mass is 9.91. The standard InChI is InChI=1S/C22H30N4O/c1-16-11-17(2)14-26(13-16)15-19-8-5-4-7-18(19)12-25-21-20(22(27)23-3)9-6-10-24-21/h4-10,16-17H,11-15H2,1-3H3,(H,23,27)(H,24,25). The summed E-state index contributed by atoms with van der Waals surface area (Å²) in [6, 6.07) is 12.1. The molecule has 0 spiro atoms. The maximum Gasteiger partial charge on any atom is 0.254 e. The van der Waals surface area contributed by atoms with Crippen LogP contribution in [0.15, 0.2) is 42.6 Å². The predicted molar refractivity (Wildman–Crippen MR) is 110 cm³/mol.